The predicted octanol–water partition coefficient (Wildman–Crippen LogP) is 2.78. The van der Waals surface area contributed by atoms with Gasteiger partial charge >= 0.3 is 0 Å². The summed E-state index contributed by atoms with van der Waals surface area (Å²) in [6.07, 6.45) is 2.50. The number of nitrogens with one attached hydrogen (secondary N) is 2. The van der Waals surface area contributed by atoms with Gasteiger partial charge in [-0.05, 0) is 37.0 Å². The van der Waals surface area contributed by atoms with Gasteiger partial charge in [0.2, 0.25) is 5.91 Å². The molecule has 1 fully saturated rings. The fourth-order valence-corrected chi connectivity index (χ4v) is 4.18. The van der Waals surface area contributed by atoms with E-state index in [0.29, 0.717) is 5.96 Å². The van der Waals surface area contributed by atoms with Gasteiger partial charge < -0.3 is 15.5 Å². The van der Waals surface area contributed by atoms with E-state index >= 15 is 0 Å². The first kappa shape index (κ1) is 21.6. The number of rotatable bonds is 6. The standard InChI is InChI=1S/C16H26N4OS2.HI/c1-16(7-5-9-23-16)12-19-15(18-11-14(21)20(2)3)17-10-13-6-4-8-22-13;/h4,6,8H,5,7,9-12H2,1-3H3,(H2,17,18,19);1H. The van der Waals surface area contributed by atoms with E-state index in [1.54, 1.807) is 30.3 Å². The molecular weight excluding hydrogens is 455 g/mol. The number of halogens is 1. The van der Waals surface area contributed by atoms with Gasteiger partial charge in [-0.3, -0.25) is 4.79 Å². The first-order chi connectivity index (χ1) is 11.0. The maximum absolute atomic E-state index is 11.8. The summed E-state index contributed by atoms with van der Waals surface area (Å²) in [5, 5.41) is 8.80. The summed E-state index contributed by atoms with van der Waals surface area (Å²) < 4.78 is 0.261. The van der Waals surface area contributed by atoms with E-state index in [1.807, 2.05) is 17.8 Å². The number of nitrogens with zero attached hydrogens (tertiary/aromatic N) is 2. The normalized spacial score (nSPS) is 20.4. The molecule has 136 valence electrons. The van der Waals surface area contributed by atoms with E-state index in [9.17, 15) is 4.79 Å². The van der Waals surface area contributed by atoms with Crippen LogP contribution in [0.3, 0.4) is 0 Å². The number of aliphatic imine (C=N–C) groups is 1. The zero-order valence-electron chi connectivity index (χ0n) is 14.5. The Kier molecular flexibility index (Phi) is 9.43. The highest BCUT2D eigenvalue weighted by molar-refractivity contribution is 14.0. The Morgan fingerprint density at radius 1 is 1.42 bits per heavy atom. The van der Waals surface area contributed by atoms with E-state index in [1.165, 1.54) is 23.5 Å². The number of amides is 1. The van der Waals surface area contributed by atoms with Crippen molar-refractivity contribution in [2.24, 2.45) is 4.99 Å². The summed E-state index contributed by atoms with van der Waals surface area (Å²) in [6, 6.07) is 4.13. The molecule has 2 N–H and O–H groups in total. The number of thiophene rings is 1. The molecule has 1 amide bonds. The average molecular weight is 482 g/mol. The molecule has 0 aromatic carbocycles. The van der Waals surface area contributed by atoms with Gasteiger partial charge in [0.05, 0.1) is 6.54 Å². The lowest BCUT2D eigenvalue weighted by Crippen LogP contribution is -2.44. The van der Waals surface area contributed by atoms with Gasteiger partial charge in [0.1, 0.15) is 6.54 Å². The number of carbonyl (C=O) groups is 1. The second kappa shape index (κ2) is 10.5. The van der Waals surface area contributed by atoms with Crippen molar-refractivity contribution in [2.45, 2.75) is 31.1 Å². The Morgan fingerprint density at radius 2 is 2.21 bits per heavy atom. The molecule has 1 atom stereocenters. The Bertz CT molecular complexity index is 528. The molecule has 2 heterocycles. The molecule has 24 heavy (non-hydrogen) atoms. The summed E-state index contributed by atoms with van der Waals surface area (Å²) in [4.78, 5) is 19.0. The third kappa shape index (κ3) is 7.18. The SMILES string of the molecule is CN(C)C(=O)CN=C(NCc1cccs1)NCC1(C)CCCS1.I. The molecule has 2 rings (SSSR count). The molecule has 0 bridgehead atoms. The van der Waals surface area contributed by atoms with E-state index in [2.05, 4.69) is 34.0 Å². The monoisotopic (exact) mass is 482 g/mol. The van der Waals surface area contributed by atoms with Crippen LogP contribution in [0.2, 0.25) is 0 Å². The van der Waals surface area contributed by atoms with Crippen molar-refractivity contribution in [1.29, 1.82) is 0 Å². The smallest absolute Gasteiger partial charge is 0.243 e. The van der Waals surface area contributed by atoms with Crippen molar-refractivity contribution >= 4 is 58.9 Å². The van der Waals surface area contributed by atoms with Crippen molar-refractivity contribution in [3.05, 3.63) is 22.4 Å². The van der Waals surface area contributed by atoms with Gasteiger partial charge in [-0.15, -0.1) is 35.3 Å². The quantitative estimate of drug-likeness (QED) is 0.372. The maximum atomic E-state index is 11.8. The Morgan fingerprint density at radius 3 is 2.79 bits per heavy atom. The fourth-order valence-electron chi connectivity index (χ4n) is 2.29. The van der Waals surface area contributed by atoms with Gasteiger partial charge in [-0.25, -0.2) is 4.99 Å². The zero-order valence-corrected chi connectivity index (χ0v) is 18.5. The Balaban J connectivity index is 0.00000288. The van der Waals surface area contributed by atoms with Gasteiger partial charge in [0, 0.05) is 30.3 Å². The van der Waals surface area contributed by atoms with Gasteiger partial charge in [0.15, 0.2) is 5.96 Å². The molecule has 0 aliphatic carbocycles. The molecule has 1 unspecified atom stereocenters. The number of hydrogen-bond donors (Lipinski definition) is 2. The summed E-state index contributed by atoms with van der Waals surface area (Å²) in [5.41, 5.74) is 0. The van der Waals surface area contributed by atoms with Crippen LogP contribution < -0.4 is 10.6 Å². The van der Waals surface area contributed by atoms with Gasteiger partial charge in [0.25, 0.3) is 0 Å². The lowest BCUT2D eigenvalue weighted by atomic mass is 10.1. The molecule has 1 aliphatic rings. The second-order valence-electron chi connectivity index (χ2n) is 6.14. The van der Waals surface area contributed by atoms with Crippen molar-refractivity contribution in [3.63, 3.8) is 0 Å². The van der Waals surface area contributed by atoms with Crippen LogP contribution in [0.5, 0.6) is 0 Å². The van der Waals surface area contributed by atoms with Crippen molar-refractivity contribution in [3.8, 4) is 0 Å². The molecule has 1 aliphatic heterocycles. The lowest BCUT2D eigenvalue weighted by molar-refractivity contribution is -0.127. The highest BCUT2D eigenvalue weighted by atomic mass is 127. The van der Waals surface area contributed by atoms with Crippen LogP contribution in [0.25, 0.3) is 0 Å². The molecule has 0 radical (unpaired) electrons. The minimum Gasteiger partial charge on any atom is -0.355 e. The third-order valence-electron chi connectivity index (χ3n) is 3.81. The number of thioether (sulfide) groups is 1. The molecule has 8 heteroatoms. The van der Waals surface area contributed by atoms with E-state index < -0.39 is 0 Å². The van der Waals surface area contributed by atoms with Crippen LogP contribution in [0.15, 0.2) is 22.5 Å². The van der Waals surface area contributed by atoms with E-state index in [4.69, 9.17) is 0 Å². The van der Waals surface area contributed by atoms with Crippen LogP contribution in [0.4, 0.5) is 0 Å². The van der Waals surface area contributed by atoms with Crippen LogP contribution in [0.1, 0.15) is 24.6 Å². The van der Waals surface area contributed by atoms with Crippen LogP contribution in [0, 0.1) is 0 Å². The number of hydrogen-bond acceptors (Lipinski definition) is 4. The van der Waals surface area contributed by atoms with Crippen molar-refractivity contribution in [1.82, 2.24) is 15.5 Å². The summed E-state index contributed by atoms with van der Waals surface area (Å²) in [5.74, 6) is 1.94. The summed E-state index contributed by atoms with van der Waals surface area (Å²) >= 11 is 3.73. The number of guanidine groups is 1. The maximum Gasteiger partial charge on any atom is 0.243 e. The van der Waals surface area contributed by atoms with Gasteiger partial charge in [-0.1, -0.05) is 6.07 Å². The van der Waals surface area contributed by atoms with Crippen LogP contribution >= 0.6 is 47.1 Å². The van der Waals surface area contributed by atoms with Crippen LogP contribution in [-0.2, 0) is 11.3 Å². The summed E-state index contributed by atoms with van der Waals surface area (Å²) in [7, 11) is 3.50. The Labute approximate surface area is 170 Å². The minimum absolute atomic E-state index is 0. The number of likely N-dealkylation sites (N-methyl/N-ethyl adjacent to an activating group) is 1. The molecule has 1 aromatic heterocycles. The summed E-state index contributed by atoms with van der Waals surface area (Å²) in [6.45, 7) is 4.05. The zero-order chi connectivity index (χ0) is 16.7. The number of carbonyl (C=O) groups excluding carboxylic acids is 1. The molecule has 0 spiro atoms. The molecule has 5 nitrogen and oxygen atoms in total. The topological polar surface area (TPSA) is 56.7 Å². The first-order valence-corrected chi connectivity index (χ1v) is 9.74. The van der Waals surface area contributed by atoms with Crippen molar-refractivity contribution in [2.75, 3.05) is 32.9 Å². The first-order valence-electron chi connectivity index (χ1n) is 7.87. The highest BCUT2D eigenvalue weighted by Gasteiger charge is 2.29. The molecule has 0 saturated carbocycles. The largest absolute Gasteiger partial charge is 0.355 e. The third-order valence-corrected chi connectivity index (χ3v) is 6.23. The minimum atomic E-state index is 0. The Hall–Kier alpha value is -0.480. The fraction of sp³-hybridized carbons (Fsp3) is 0.625. The van der Waals surface area contributed by atoms with Crippen LogP contribution in [-0.4, -0.2) is 54.5 Å². The predicted molar refractivity (Wildman–Crippen MR) is 116 cm³/mol. The van der Waals surface area contributed by atoms with Crippen molar-refractivity contribution < 1.29 is 4.79 Å². The average Bonchev–Trinajstić information content (AvgIpc) is 3.18. The van der Waals surface area contributed by atoms with Gasteiger partial charge in [-0.2, -0.15) is 11.8 Å². The van der Waals surface area contributed by atoms with E-state index in [-0.39, 0.29) is 41.2 Å². The molecule has 1 saturated heterocycles. The molecule has 1 aromatic rings. The lowest BCUT2D eigenvalue weighted by Gasteiger charge is -2.24. The molecular formula is C16H27IN4OS2. The second-order valence-corrected chi connectivity index (χ2v) is 8.86. The highest BCUT2D eigenvalue weighted by Crippen LogP contribution is 2.36. The van der Waals surface area contributed by atoms with E-state index in [0.717, 1.165) is 13.1 Å².